The van der Waals surface area contributed by atoms with Crippen molar-refractivity contribution in [3.05, 3.63) is 58.9 Å². The van der Waals surface area contributed by atoms with Crippen LogP contribution in [0.25, 0.3) is 0 Å². The number of nitrogens with zero attached hydrogens (tertiary/aromatic N) is 3. The lowest BCUT2D eigenvalue weighted by molar-refractivity contribution is -0.387. The molecule has 0 aliphatic heterocycles. The molecule has 0 bridgehead atoms. The third-order valence-corrected chi connectivity index (χ3v) is 3.62. The summed E-state index contributed by atoms with van der Waals surface area (Å²) in [6.45, 7) is 5.95. The van der Waals surface area contributed by atoms with Crippen LogP contribution in [0.3, 0.4) is 0 Å². The average Bonchev–Trinajstić information content (AvgIpc) is 2.47. The largest absolute Gasteiger partial charge is 0.361 e. The fraction of sp³-hybridized carbons (Fsp3) is 0.143. The molecule has 2 rings (SSSR count). The number of anilines is 1. The van der Waals surface area contributed by atoms with Gasteiger partial charge in [0.2, 0.25) is 5.82 Å². The number of nitro groups is 1. The van der Waals surface area contributed by atoms with Gasteiger partial charge in [0, 0.05) is 11.4 Å². The Kier molecular flexibility index (Phi) is 4.89. The Labute approximate surface area is 126 Å². The maximum absolute atomic E-state index is 11.3. The van der Waals surface area contributed by atoms with Gasteiger partial charge in [0.1, 0.15) is 6.33 Å². The lowest BCUT2D eigenvalue weighted by Crippen LogP contribution is -2.06. The molecule has 0 atom stereocenters. The first-order valence-corrected chi connectivity index (χ1v) is 7.02. The molecule has 0 spiro atoms. The molecule has 7 heteroatoms. The summed E-state index contributed by atoms with van der Waals surface area (Å²) in [7, 11) is 0. The smallest absolute Gasteiger partial charge is 0.343 e. The zero-order chi connectivity index (χ0) is 15.2. The fourth-order valence-electron chi connectivity index (χ4n) is 1.62. The summed E-state index contributed by atoms with van der Waals surface area (Å²) in [4.78, 5) is 19.7. The molecule has 1 aromatic carbocycles. The minimum atomic E-state index is -0.470. The van der Waals surface area contributed by atoms with E-state index in [-0.39, 0.29) is 11.5 Å². The van der Waals surface area contributed by atoms with Crippen LogP contribution in [0.4, 0.5) is 11.5 Å². The van der Waals surface area contributed by atoms with Crippen LogP contribution in [-0.4, -0.2) is 21.4 Å². The molecule has 2 aromatic rings. The molecule has 0 saturated heterocycles. The molecule has 0 aliphatic rings. The highest BCUT2D eigenvalue weighted by molar-refractivity contribution is 7.99. The van der Waals surface area contributed by atoms with E-state index in [0.29, 0.717) is 11.6 Å². The Bertz CT molecular complexity index is 659. The quantitative estimate of drug-likeness (QED) is 0.381. The van der Waals surface area contributed by atoms with Gasteiger partial charge < -0.3 is 5.32 Å². The van der Waals surface area contributed by atoms with Crippen LogP contribution in [0.15, 0.2) is 53.2 Å². The van der Waals surface area contributed by atoms with Crippen LogP contribution in [0.2, 0.25) is 0 Å². The van der Waals surface area contributed by atoms with Crippen LogP contribution in [0.1, 0.15) is 5.56 Å². The van der Waals surface area contributed by atoms with E-state index >= 15 is 0 Å². The lowest BCUT2D eigenvalue weighted by atomic mass is 10.2. The molecule has 1 aromatic heterocycles. The third kappa shape index (κ3) is 3.79. The van der Waals surface area contributed by atoms with E-state index in [9.17, 15) is 10.1 Å². The second-order valence-electron chi connectivity index (χ2n) is 4.22. The van der Waals surface area contributed by atoms with E-state index < -0.39 is 4.92 Å². The van der Waals surface area contributed by atoms with E-state index in [4.69, 9.17) is 0 Å². The number of nitrogens with one attached hydrogen (secondary N) is 1. The van der Waals surface area contributed by atoms with Crippen LogP contribution >= 0.6 is 11.8 Å². The molecule has 0 radical (unpaired) electrons. The molecule has 0 fully saturated rings. The standard InChI is InChI=1S/C14H14N4O2S/c1-3-8-15-13-12(18(19)20)14(17-9-16-13)21-11-6-4-10(2)5-7-11/h3-7,9H,1,8H2,2H3,(H,15,16,17). The SMILES string of the molecule is C=CCNc1ncnc(Sc2ccc(C)cc2)c1[N+](=O)[O-]. The topological polar surface area (TPSA) is 81.0 Å². The molecule has 108 valence electrons. The minimum Gasteiger partial charge on any atom is -0.361 e. The summed E-state index contributed by atoms with van der Waals surface area (Å²) in [6.07, 6.45) is 2.92. The van der Waals surface area contributed by atoms with Gasteiger partial charge in [-0.3, -0.25) is 10.1 Å². The van der Waals surface area contributed by atoms with Gasteiger partial charge in [-0.25, -0.2) is 9.97 Å². The molecule has 6 nitrogen and oxygen atoms in total. The van der Waals surface area contributed by atoms with Gasteiger partial charge in [0.25, 0.3) is 0 Å². The molecule has 0 amide bonds. The Hall–Kier alpha value is -2.41. The molecule has 0 unspecified atom stereocenters. The first-order valence-electron chi connectivity index (χ1n) is 6.20. The van der Waals surface area contributed by atoms with E-state index in [1.54, 1.807) is 6.08 Å². The number of benzene rings is 1. The average molecular weight is 302 g/mol. The van der Waals surface area contributed by atoms with Crippen molar-refractivity contribution in [2.75, 3.05) is 11.9 Å². The van der Waals surface area contributed by atoms with Gasteiger partial charge in [-0.05, 0) is 19.1 Å². The Morgan fingerprint density at radius 2 is 2.10 bits per heavy atom. The van der Waals surface area contributed by atoms with Crippen LogP contribution in [-0.2, 0) is 0 Å². The van der Waals surface area contributed by atoms with Crippen molar-refractivity contribution in [3.63, 3.8) is 0 Å². The zero-order valence-electron chi connectivity index (χ0n) is 11.4. The van der Waals surface area contributed by atoms with Crippen molar-refractivity contribution in [2.24, 2.45) is 0 Å². The van der Waals surface area contributed by atoms with Gasteiger partial charge in [-0.15, -0.1) is 6.58 Å². The summed E-state index contributed by atoms with van der Waals surface area (Å²) in [6, 6.07) is 7.71. The number of hydrogen-bond donors (Lipinski definition) is 1. The van der Waals surface area contributed by atoms with Gasteiger partial charge in [0.15, 0.2) is 5.03 Å². The molecule has 0 saturated carbocycles. The molecule has 1 N–H and O–H groups in total. The van der Waals surface area contributed by atoms with Gasteiger partial charge in [-0.1, -0.05) is 35.5 Å². The monoisotopic (exact) mass is 302 g/mol. The number of aromatic nitrogens is 2. The van der Waals surface area contributed by atoms with Gasteiger partial charge in [0.05, 0.1) is 4.92 Å². The van der Waals surface area contributed by atoms with E-state index in [2.05, 4.69) is 21.9 Å². The Balaban J connectivity index is 2.35. The van der Waals surface area contributed by atoms with Crippen LogP contribution in [0, 0.1) is 17.0 Å². The maximum atomic E-state index is 11.3. The maximum Gasteiger partial charge on any atom is 0.343 e. The highest BCUT2D eigenvalue weighted by Gasteiger charge is 2.23. The lowest BCUT2D eigenvalue weighted by Gasteiger charge is -2.07. The predicted octanol–water partition coefficient (Wildman–Crippen LogP) is 3.44. The van der Waals surface area contributed by atoms with E-state index in [0.717, 1.165) is 10.5 Å². The van der Waals surface area contributed by atoms with E-state index in [1.165, 1.54) is 18.1 Å². The Morgan fingerprint density at radius 3 is 2.71 bits per heavy atom. The van der Waals surface area contributed by atoms with Crippen molar-refractivity contribution in [1.29, 1.82) is 0 Å². The summed E-state index contributed by atoms with van der Waals surface area (Å²) in [5.41, 5.74) is 1.01. The summed E-state index contributed by atoms with van der Waals surface area (Å²) in [5, 5.41) is 14.5. The second-order valence-corrected chi connectivity index (χ2v) is 5.28. The molecular formula is C14H14N4O2S. The van der Waals surface area contributed by atoms with Gasteiger partial charge >= 0.3 is 5.69 Å². The van der Waals surface area contributed by atoms with Crippen molar-refractivity contribution in [2.45, 2.75) is 16.8 Å². The van der Waals surface area contributed by atoms with Crippen molar-refractivity contribution in [1.82, 2.24) is 9.97 Å². The zero-order valence-corrected chi connectivity index (χ0v) is 12.3. The highest BCUT2D eigenvalue weighted by Crippen LogP contribution is 2.36. The summed E-state index contributed by atoms with van der Waals surface area (Å²) in [5.74, 6) is 0.199. The van der Waals surface area contributed by atoms with Crippen LogP contribution < -0.4 is 5.32 Å². The molecular weight excluding hydrogens is 288 g/mol. The van der Waals surface area contributed by atoms with E-state index in [1.807, 2.05) is 31.2 Å². The van der Waals surface area contributed by atoms with Crippen molar-refractivity contribution >= 4 is 23.3 Å². The first kappa shape index (κ1) is 15.0. The molecule has 1 heterocycles. The van der Waals surface area contributed by atoms with Crippen molar-refractivity contribution in [3.8, 4) is 0 Å². The number of aryl methyl sites for hydroxylation is 1. The summed E-state index contributed by atoms with van der Waals surface area (Å²) < 4.78 is 0. The fourth-order valence-corrected chi connectivity index (χ4v) is 2.48. The summed E-state index contributed by atoms with van der Waals surface area (Å²) >= 11 is 1.24. The molecule has 21 heavy (non-hydrogen) atoms. The number of hydrogen-bond acceptors (Lipinski definition) is 6. The van der Waals surface area contributed by atoms with Crippen molar-refractivity contribution < 1.29 is 4.92 Å². The third-order valence-electron chi connectivity index (χ3n) is 2.62. The highest BCUT2D eigenvalue weighted by atomic mass is 32.2. The Morgan fingerprint density at radius 1 is 1.38 bits per heavy atom. The molecule has 0 aliphatic carbocycles. The minimum absolute atomic E-state index is 0.120. The predicted molar refractivity (Wildman–Crippen MR) is 82.7 cm³/mol. The first-order chi connectivity index (χ1) is 10.1. The van der Waals surface area contributed by atoms with Crippen LogP contribution in [0.5, 0.6) is 0 Å². The van der Waals surface area contributed by atoms with Gasteiger partial charge in [-0.2, -0.15) is 0 Å². The second kappa shape index (κ2) is 6.85. The number of rotatable bonds is 6. The normalized spacial score (nSPS) is 10.1.